The van der Waals surface area contributed by atoms with Gasteiger partial charge in [0.1, 0.15) is 5.75 Å². The van der Waals surface area contributed by atoms with Gasteiger partial charge in [-0.3, -0.25) is 10.1 Å². The van der Waals surface area contributed by atoms with E-state index in [2.05, 4.69) is 17.2 Å². The Morgan fingerprint density at radius 2 is 1.90 bits per heavy atom. The fraction of sp³-hybridized carbons (Fsp3) is 0.345. The lowest BCUT2D eigenvalue weighted by atomic mass is 10.0. The molecular weight excluding hydrogens is 559 g/mol. The van der Waals surface area contributed by atoms with E-state index in [9.17, 15) is 9.59 Å². The van der Waals surface area contributed by atoms with Gasteiger partial charge in [0.15, 0.2) is 5.13 Å². The number of aromatic nitrogens is 1. The second-order valence-corrected chi connectivity index (χ2v) is 10.7. The Morgan fingerprint density at radius 3 is 2.54 bits per heavy atom. The number of hydrogen-bond donors (Lipinski definition) is 2. The molecule has 1 amide bonds. The van der Waals surface area contributed by atoms with Gasteiger partial charge in [-0.25, -0.2) is 9.78 Å². The highest BCUT2D eigenvalue weighted by Crippen LogP contribution is 2.38. The van der Waals surface area contributed by atoms with E-state index in [0.717, 1.165) is 24.0 Å². The van der Waals surface area contributed by atoms with Crippen LogP contribution in [-0.2, 0) is 9.53 Å². The number of hydrogen-bond acceptors (Lipinski definition) is 6. The van der Waals surface area contributed by atoms with Gasteiger partial charge >= 0.3 is 5.97 Å². The summed E-state index contributed by atoms with van der Waals surface area (Å²) >= 11 is 13.9. The molecule has 1 heterocycles. The first-order valence-electron chi connectivity index (χ1n) is 12.6. The summed E-state index contributed by atoms with van der Waals surface area (Å²) in [5, 5.41) is 14.4. The topological polar surface area (TPSA) is 97.8 Å². The van der Waals surface area contributed by atoms with Crippen LogP contribution in [0.3, 0.4) is 0 Å². The Bertz CT molecular complexity index is 1330. The van der Waals surface area contributed by atoms with Crippen LogP contribution < -0.4 is 10.1 Å². The molecular formula is C29H32Cl2N2O5S. The number of para-hydroxylation sites is 1. The van der Waals surface area contributed by atoms with Gasteiger partial charge in [0.25, 0.3) is 5.91 Å². The molecule has 1 atom stereocenters. The number of nitrogens with one attached hydrogen (secondary N) is 1. The Morgan fingerprint density at radius 1 is 1.18 bits per heavy atom. The molecule has 2 N–H and O–H groups in total. The number of carboxylic acid groups (broad SMARTS) is 1. The smallest absolute Gasteiger partial charge is 0.331 e. The molecule has 0 saturated carbocycles. The molecule has 0 bridgehead atoms. The number of anilines is 1. The van der Waals surface area contributed by atoms with E-state index in [1.807, 2.05) is 30.5 Å². The van der Waals surface area contributed by atoms with Crippen molar-refractivity contribution in [3.05, 3.63) is 68.0 Å². The number of rotatable bonds is 13. The molecule has 3 aromatic rings. The van der Waals surface area contributed by atoms with Crippen molar-refractivity contribution in [1.29, 1.82) is 0 Å². The summed E-state index contributed by atoms with van der Waals surface area (Å²) in [5.74, 6) is -0.855. The molecule has 7 nitrogen and oxygen atoms in total. The molecule has 3 rings (SSSR count). The van der Waals surface area contributed by atoms with Crippen LogP contribution in [0, 0.1) is 0 Å². The molecule has 0 aliphatic heterocycles. The lowest BCUT2D eigenvalue weighted by Crippen LogP contribution is -2.12. The third-order valence-electron chi connectivity index (χ3n) is 6.09. The summed E-state index contributed by atoms with van der Waals surface area (Å²) < 4.78 is 11.8. The third kappa shape index (κ3) is 8.05. The van der Waals surface area contributed by atoms with Gasteiger partial charge < -0.3 is 14.6 Å². The number of nitrogens with zero attached hydrogens (tertiary/aromatic N) is 1. The molecule has 1 aromatic heterocycles. The fourth-order valence-corrected chi connectivity index (χ4v) is 5.24. The second kappa shape index (κ2) is 14.5. The van der Waals surface area contributed by atoms with E-state index < -0.39 is 11.9 Å². The van der Waals surface area contributed by atoms with E-state index >= 15 is 0 Å². The predicted octanol–water partition coefficient (Wildman–Crippen LogP) is 8.52. The quantitative estimate of drug-likeness (QED) is 0.153. The minimum absolute atomic E-state index is 0.0683. The third-order valence-corrected chi connectivity index (χ3v) is 7.48. The van der Waals surface area contributed by atoms with Gasteiger partial charge in [0.2, 0.25) is 0 Å². The lowest BCUT2D eigenvalue weighted by Gasteiger charge is -2.18. The molecule has 0 unspecified atom stereocenters. The molecule has 0 radical (unpaired) electrons. The van der Waals surface area contributed by atoms with Crippen LogP contribution in [0.4, 0.5) is 5.13 Å². The van der Waals surface area contributed by atoms with Gasteiger partial charge in [-0.15, -0.1) is 11.3 Å². The first-order chi connectivity index (χ1) is 18.7. The van der Waals surface area contributed by atoms with Crippen LogP contribution in [0.15, 0.2) is 41.3 Å². The molecule has 0 fully saturated rings. The SMILES string of the molecule is CCCCCCO[C@@H](C)c1cccc(-c2csc(NC(=O)c3cc(Cl)c(/C=C(\C)C(=O)O)c(Cl)c3)n2)c1OC. The number of methoxy groups -OCH3 is 1. The van der Waals surface area contributed by atoms with Crippen molar-refractivity contribution in [2.75, 3.05) is 19.0 Å². The fourth-order valence-electron chi connectivity index (χ4n) is 3.94. The number of benzene rings is 2. The first kappa shape index (κ1) is 30.6. The van der Waals surface area contributed by atoms with E-state index in [4.69, 9.17) is 37.8 Å². The zero-order chi connectivity index (χ0) is 28.5. The average Bonchev–Trinajstić information content (AvgIpc) is 3.37. The molecule has 2 aromatic carbocycles. The van der Waals surface area contributed by atoms with E-state index in [0.29, 0.717) is 28.7 Å². The number of halogens is 2. The Kier molecular flexibility index (Phi) is 11.4. The van der Waals surface area contributed by atoms with Crippen LogP contribution in [-0.4, -0.2) is 35.7 Å². The number of carbonyl (C=O) groups is 2. The number of thiazole rings is 1. The van der Waals surface area contributed by atoms with Crippen molar-refractivity contribution in [2.45, 2.75) is 52.6 Å². The van der Waals surface area contributed by atoms with Gasteiger partial charge in [-0.1, -0.05) is 61.5 Å². The summed E-state index contributed by atoms with van der Waals surface area (Å²) in [4.78, 5) is 28.7. The molecule has 39 heavy (non-hydrogen) atoms. The Balaban J connectivity index is 1.77. The van der Waals surface area contributed by atoms with Crippen LogP contribution in [0.25, 0.3) is 17.3 Å². The zero-order valence-electron chi connectivity index (χ0n) is 22.3. The Hall–Kier alpha value is -2.91. The number of unbranched alkanes of at least 4 members (excludes halogenated alkanes) is 3. The van der Waals surface area contributed by atoms with Gasteiger partial charge in [-0.05, 0) is 44.5 Å². The minimum atomic E-state index is -1.09. The molecule has 208 valence electrons. The van der Waals surface area contributed by atoms with Gasteiger partial charge in [-0.2, -0.15) is 0 Å². The number of aliphatic carboxylic acids is 1. The normalized spacial score (nSPS) is 12.3. The maximum Gasteiger partial charge on any atom is 0.331 e. The van der Waals surface area contributed by atoms with Crippen LogP contribution >= 0.6 is 34.5 Å². The van der Waals surface area contributed by atoms with E-state index in [-0.39, 0.29) is 27.3 Å². The second-order valence-electron chi connectivity index (χ2n) is 8.98. The highest BCUT2D eigenvalue weighted by molar-refractivity contribution is 7.14. The summed E-state index contributed by atoms with van der Waals surface area (Å²) in [5.41, 5.74) is 3.00. The molecule has 0 aliphatic carbocycles. The summed E-state index contributed by atoms with van der Waals surface area (Å²) in [6.07, 6.45) is 5.77. The number of carbonyl (C=O) groups excluding carboxylic acids is 1. The highest BCUT2D eigenvalue weighted by Gasteiger charge is 2.19. The molecule has 0 saturated heterocycles. The van der Waals surface area contributed by atoms with Crippen LogP contribution in [0.2, 0.25) is 10.0 Å². The van der Waals surface area contributed by atoms with Crippen molar-refractivity contribution in [3.63, 3.8) is 0 Å². The van der Waals surface area contributed by atoms with Crippen molar-refractivity contribution in [1.82, 2.24) is 4.98 Å². The molecule has 0 aliphatic rings. The van der Waals surface area contributed by atoms with Crippen molar-refractivity contribution >= 4 is 57.6 Å². The van der Waals surface area contributed by atoms with Crippen molar-refractivity contribution < 1.29 is 24.2 Å². The zero-order valence-corrected chi connectivity index (χ0v) is 24.7. The van der Waals surface area contributed by atoms with E-state index in [1.165, 1.54) is 49.3 Å². The predicted molar refractivity (Wildman–Crippen MR) is 158 cm³/mol. The van der Waals surface area contributed by atoms with Crippen molar-refractivity contribution in [3.8, 4) is 17.0 Å². The average molecular weight is 592 g/mol. The number of ether oxygens (including phenoxy) is 2. The summed E-state index contributed by atoms with van der Waals surface area (Å²) in [6.45, 7) is 6.31. The van der Waals surface area contributed by atoms with Gasteiger partial charge in [0.05, 0.1) is 29.0 Å². The monoisotopic (exact) mass is 590 g/mol. The minimum Gasteiger partial charge on any atom is -0.496 e. The first-order valence-corrected chi connectivity index (χ1v) is 14.3. The number of amides is 1. The number of carboxylic acids is 1. The van der Waals surface area contributed by atoms with E-state index in [1.54, 1.807) is 7.11 Å². The molecule has 10 heteroatoms. The maximum absolute atomic E-state index is 12.9. The maximum atomic E-state index is 12.9. The van der Waals surface area contributed by atoms with Gasteiger partial charge in [0, 0.05) is 39.8 Å². The lowest BCUT2D eigenvalue weighted by molar-refractivity contribution is -0.132. The van der Waals surface area contributed by atoms with Crippen LogP contribution in [0.1, 0.15) is 74.0 Å². The van der Waals surface area contributed by atoms with Crippen molar-refractivity contribution in [2.24, 2.45) is 0 Å². The standard InChI is InChI=1S/C29H32Cl2N2O5S/c1-5-6-7-8-12-38-18(3)20-10-9-11-21(26(20)37-4)25-16-39-29(32-25)33-27(34)19-14-23(30)22(24(31)15-19)13-17(2)28(35)36/h9-11,13-16,18H,5-8,12H2,1-4H3,(H,35,36)(H,32,33,34)/b17-13+/t18-/m0/s1. The summed E-state index contributed by atoms with van der Waals surface area (Å²) in [6, 6.07) is 8.72. The Labute approximate surface area is 242 Å². The summed E-state index contributed by atoms with van der Waals surface area (Å²) in [7, 11) is 1.62. The highest BCUT2D eigenvalue weighted by atomic mass is 35.5. The largest absolute Gasteiger partial charge is 0.496 e. The molecule has 0 spiro atoms. The van der Waals surface area contributed by atoms with Crippen LogP contribution in [0.5, 0.6) is 5.75 Å².